The first-order valence-corrected chi connectivity index (χ1v) is 8.19. The van der Waals surface area contributed by atoms with Crippen molar-refractivity contribution in [1.29, 1.82) is 0 Å². The summed E-state index contributed by atoms with van der Waals surface area (Å²) in [7, 11) is 1.87. The first kappa shape index (κ1) is 18.7. The zero-order valence-corrected chi connectivity index (χ0v) is 16.8. The number of guanidine groups is 1. The summed E-state index contributed by atoms with van der Waals surface area (Å²) < 4.78 is 0. The average molecular weight is 422 g/mol. The number of piperidine rings is 1. The number of thiazole rings is 1. The van der Waals surface area contributed by atoms with Crippen LogP contribution in [0.2, 0.25) is 0 Å². The number of likely N-dealkylation sites (tertiary alicyclic amines) is 1. The molecular formula is C15H27IN4S. The summed E-state index contributed by atoms with van der Waals surface area (Å²) in [5.41, 5.74) is 1.14. The van der Waals surface area contributed by atoms with Crippen molar-refractivity contribution in [3.05, 3.63) is 15.6 Å². The molecule has 0 bridgehead atoms. The van der Waals surface area contributed by atoms with Gasteiger partial charge in [-0.25, -0.2) is 4.98 Å². The zero-order valence-electron chi connectivity index (χ0n) is 13.6. The summed E-state index contributed by atoms with van der Waals surface area (Å²) in [6.07, 6.45) is 1.32. The smallest absolute Gasteiger partial charge is 0.193 e. The summed E-state index contributed by atoms with van der Waals surface area (Å²) in [6.45, 7) is 11.8. The van der Waals surface area contributed by atoms with E-state index in [1.807, 2.05) is 7.05 Å². The molecule has 0 spiro atoms. The molecule has 1 aliphatic rings. The first-order valence-electron chi connectivity index (χ1n) is 7.38. The first-order chi connectivity index (χ1) is 9.49. The van der Waals surface area contributed by atoms with Crippen LogP contribution in [0.25, 0.3) is 0 Å². The third kappa shape index (κ3) is 5.09. The highest BCUT2D eigenvalue weighted by molar-refractivity contribution is 14.0. The fraction of sp³-hybridized carbons (Fsp3) is 0.733. The van der Waals surface area contributed by atoms with Crippen molar-refractivity contribution in [1.82, 2.24) is 15.2 Å². The Balaban J connectivity index is 0.00000220. The van der Waals surface area contributed by atoms with Crippen molar-refractivity contribution in [3.8, 4) is 0 Å². The van der Waals surface area contributed by atoms with Crippen LogP contribution in [0.4, 0.5) is 0 Å². The Morgan fingerprint density at radius 3 is 2.43 bits per heavy atom. The van der Waals surface area contributed by atoms with Crippen molar-refractivity contribution in [2.45, 2.75) is 40.7 Å². The molecule has 1 saturated heterocycles. The number of halogens is 1. The predicted molar refractivity (Wildman–Crippen MR) is 102 cm³/mol. The van der Waals surface area contributed by atoms with Gasteiger partial charge in [0.05, 0.1) is 17.2 Å². The lowest BCUT2D eigenvalue weighted by molar-refractivity contribution is 0.208. The maximum absolute atomic E-state index is 4.48. The average Bonchev–Trinajstić information content (AvgIpc) is 2.67. The van der Waals surface area contributed by atoms with Gasteiger partial charge in [-0.1, -0.05) is 13.8 Å². The monoisotopic (exact) mass is 422 g/mol. The minimum atomic E-state index is 0. The second-order valence-electron chi connectivity index (χ2n) is 5.99. The van der Waals surface area contributed by atoms with Gasteiger partial charge in [-0.15, -0.1) is 35.3 Å². The Bertz CT molecular complexity index is 476. The molecule has 0 aliphatic carbocycles. The minimum Gasteiger partial charge on any atom is -0.351 e. The van der Waals surface area contributed by atoms with Crippen LogP contribution in [0.3, 0.4) is 0 Å². The Morgan fingerprint density at radius 2 is 1.95 bits per heavy atom. The van der Waals surface area contributed by atoms with E-state index in [4.69, 9.17) is 0 Å². The number of nitrogens with one attached hydrogen (secondary N) is 1. The molecule has 0 aromatic carbocycles. The van der Waals surface area contributed by atoms with Gasteiger partial charge in [-0.2, -0.15) is 0 Å². The highest BCUT2D eigenvalue weighted by Crippen LogP contribution is 2.21. The van der Waals surface area contributed by atoms with Crippen LogP contribution < -0.4 is 5.32 Å². The van der Waals surface area contributed by atoms with E-state index in [-0.39, 0.29) is 24.0 Å². The third-order valence-corrected chi connectivity index (χ3v) is 4.86. The molecule has 1 N–H and O–H groups in total. The number of rotatable bonds is 2. The summed E-state index contributed by atoms with van der Waals surface area (Å²) in [5, 5.41) is 4.63. The predicted octanol–water partition coefficient (Wildman–Crippen LogP) is 3.43. The molecule has 1 aliphatic heterocycles. The maximum atomic E-state index is 4.48. The molecule has 1 aromatic heterocycles. The highest BCUT2D eigenvalue weighted by atomic mass is 127. The molecule has 0 radical (unpaired) electrons. The van der Waals surface area contributed by atoms with E-state index in [1.165, 1.54) is 11.3 Å². The van der Waals surface area contributed by atoms with Crippen molar-refractivity contribution < 1.29 is 0 Å². The number of aryl methyl sites for hydroxylation is 2. The van der Waals surface area contributed by atoms with Gasteiger partial charge < -0.3 is 10.2 Å². The van der Waals surface area contributed by atoms with Crippen LogP contribution in [-0.2, 0) is 6.54 Å². The Morgan fingerprint density at radius 1 is 1.33 bits per heavy atom. The number of hydrogen-bond acceptors (Lipinski definition) is 3. The molecule has 6 heteroatoms. The molecule has 2 heterocycles. The molecule has 2 rings (SSSR count). The molecule has 4 nitrogen and oxygen atoms in total. The second-order valence-corrected chi connectivity index (χ2v) is 7.28. The van der Waals surface area contributed by atoms with Crippen molar-refractivity contribution in [2.24, 2.45) is 16.8 Å². The zero-order chi connectivity index (χ0) is 14.7. The molecule has 2 atom stereocenters. The van der Waals surface area contributed by atoms with Crippen molar-refractivity contribution >= 4 is 41.3 Å². The summed E-state index contributed by atoms with van der Waals surface area (Å²) >= 11 is 1.77. The van der Waals surface area contributed by atoms with Crippen molar-refractivity contribution in [3.63, 3.8) is 0 Å². The number of nitrogens with zero attached hydrogens (tertiary/aromatic N) is 3. The molecular weight excluding hydrogens is 395 g/mol. The van der Waals surface area contributed by atoms with E-state index in [9.17, 15) is 0 Å². The van der Waals surface area contributed by atoms with Gasteiger partial charge in [0, 0.05) is 25.0 Å². The van der Waals surface area contributed by atoms with Gasteiger partial charge >= 0.3 is 0 Å². The highest BCUT2D eigenvalue weighted by Gasteiger charge is 2.24. The number of aromatic nitrogens is 1. The fourth-order valence-electron chi connectivity index (χ4n) is 3.06. The number of hydrogen-bond donors (Lipinski definition) is 1. The quantitative estimate of drug-likeness (QED) is 0.451. The van der Waals surface area contributed by atoms with Crippen LogP contribution in [0.15, 0.2) is 4.99 Å². The number of aliphatic imine (C=N–C) groups is 1. The lowest BCUT2D eigenvalue weighted by atomic mass is 9.92. The topological polar surface area (TPSA) is 40.5 Å². The van der Waals surface area contributed by atoms with E-state index in [0.29, 0.717) is 0 Å². The van der Waals surface area contributed by atoms with E-state index in [0.717, 1.165) is 48.1 Å². The fourth-order valence-corrected chi connectivity index (χ4v) is 3.94. The standard InChI is InChI=1S/C15H26N4S.HI/c1-10-6-11(2)9-19(8-10)15(16-5)17-7-14-12(3)18-13(4)20-14;/h10-11H,6-9H2,1-5H3,(H,16,17);1H. The summed E-state index contributed by atoms with van der Waals surface area (Å²) in [5.74, 6) is 2.50. The van der Waals surface area contributed by atoms with Crippen LogP contribution in [0.1, 0.15) is 35.8 Å². The summed E-state index contributed by atoms with van der Waals surface area (Å²) in [6, 6.07) is 0. The Kier molecular flexibility index (Phi) is 7.39. The Hall–Kier alpha value is -0.370. The third-order valence-electron chi connectivity index (χ3n) is 3.79. The SMILES string of the molecule is CN=C(NCc1sc(C)nc1C)N1CC(C)CC(C)C1.I. The van der Waals surface area contributed by atoms with Crippen LogP contribution in [0, 0.1) is 25.7 Å². The lowest BCUT2D eigenvalue weighted by Gasteiger charge is -2.37. The molecule has 21 heavy (non-hydrogen) atoms. The summed E-state index contributed by atoms with van der Waals surface area (Å²) in [4.78, 5) is 12.6. The van der Waals surface area contributed by atoms with Crippen LogP contribution in [-0.4, -0.2) is 36.0 Å². The maximum Gasteiger partial charge on any atom is 0.193 e. The second kappa shape index (κ2) is 8.31. The molecule has 2 unspecified atom stereocenters. The lowest BCUT2D eigenvalue weighted by Crippen LogP contribution is -2.48. The van der Waals surface area contributed by atoms with Crippen molar-refractivity contribution in [2.75, 3.05) is 20.1 Å². The largest absolute Gasteiger partial charge is 0.351 e. The van der Waals surface area contributed by atoms with E-state index >= 15 is 0 Å². The normalized spacial score (nSPS) is 22.9. The van der Waals surface area contributed by atoms with E-state index < -0.39 is 0 Å². The Labute approximate surface area is 149 Å². The van der Waals surface area contributed by atoms with Gasteiger partial charge in [-0.05, 0) is 32.1 Å². The molecule has 1 aromatic rings. The molecule has 0 saturated carbocycles. The van der Waals surface area contributed by atoms with Crippen LogP contribution in [0.5, 0.6) is 0 Å². The molecule has 0 amide bonds. The van der Waals surface area contributed by atoms with Gasteiger partial charge in [0.1, 0.15) is 0 Å². The van der Waals surface area contributed by atoms with Gasteiger partial charge in [0.25, 0.3) is 0 Å². The van der Waals surface area contributed by atoms with Crippen LogP contribution >= 0.6 is 35.3 Å². The van der Waals surface area contributed by atoms with Gasteiger partial charge in [0.2, 0.25) is 0 Å². The van der Waals surface area contributed by atoms with Gasteiger partial charge in [0.15, 0.2) is 5.96 Å². The van der Waals surface area contributed by atoms with E-state index in [2.05, 4.69) is 47.9 Å². The minimum absolute atomic E-state index is 0. The van der Waals surface area contributed by atoms with E-state index in [1.54, 1.807) is 11.3 Å². The molecule has 120 valence electrons. The molecule has 1 fully saturated rings. The van der Waals surface area contributed by atoms with Gasteiger partial charge in [-0.3, -0.25) is 4.99 Å².